The van der Waals surface area contributed by atoms with Gasteiger partial charge in [0.1, 0.15) is 0 Å². The third-order valence-electron chi connectivity index (χ3n) is 2.94. The molecule has 0 saturated heterocycles. The van der Waals surface area contributed by atoms with Crippen molar-refractivity contribution in [3.8, 4) is 0 Å². The van der Waals surface area contributed by atoms with Gasteiger partial charge in [0.25, 0.3) is 0 Å². The fraction of sp³-hybridized carbons (Fsp3) is 0.200. The largest absolute Gasteiger partial charge is 0.0835 e. The molecule has 0 aliphatic rings. The van der Waals surface area contributed by atoms with Crippen LogP contribution >= 0.6 is 55.1 Å². The van der Waals surface area contributed by atoms with Crippen molar-refractivity contribution in [2.24, 2.45) is 0 Å². The SMILES string of the molecule is Cc1cc(C(Br)Cc2ccc(Cl)c(Cl)c2)ccc1Br. The van der Waals surface area contributed by atoms with Gasteiger partial charge < -0.3 is 0 Å². The first-order valence-corrected chi connectivity index (χ1v) is 8.28. The number of benzene rings is 2. The lowest BCUT2D eigenvalue weighted by atomic mass is 10.0. The zero-order chi connectivity index (χ0) is 14.0. The van der Waals surface area contributed by atoms with Crippen molar-refractivity contribution in [3.63, 3.8) is 0 Å². The van der Waals surface area contributed by atoms with Crippen LogP contribution in [-0.4, -0.2) is 0 Å². The molecule has 2 rings (SSSR count). The monoisotopic (exact) mass is 420 g/mol. The van der Waals surface area contributed by atoms with Gasteiger partial charge in [0.15, 0.2) is 0 Å². The smallest absolute Gasteiger partial charge is 0.0595 e. The van der Waals surface area contributed by atoms with Crippen molar-refractivity contribution in [2.75, 3.05) is 0 Å². The minimum absolute atomic E-state index is 0.261. The first-order chi connectivity index (χ1) is 8.97. The van der Waals surface area contributed by atoms with E-state index >= 15 is 0 Å². The van der Waals surface area contributed by atoms with E-state index in [9.17, 15) is 0 Å². The Balaban J connectivity index is 2.17. The fourth-order valence-corrected chi connectivity index (χ4v) is 3.08. The van der Waals surface area contributed by atoms with Gasteiger partial charge in [-0.05, 0) is 48.2 Å². The van der Waals surface area contributed by atoms with E-state index in [1.165, 1.54) is 11.1 Å². The molecule has 0 aliphatic carbocycles. The summed E-state index contributed by atoms with van der Waals surface area (Å²) in [7, 11) is 0. The number of hydrogen-bond acceptors (Lipinski definition) is 0. The molecule has 1 unspecified atom stereocenters. The normalized spacial score (nSPS) is 12.5. The van der Waals surface area contributed by atoms with Crippen molar-refractivity contribution < 1.29 is 0 Å². The number of halogens is 4. The number of aryl methyl sites for hydroxylation is 1. The molecule has 0 fully saturated rings. The maximum absolute atomic E-state index is 6.04. The molecule has 0 aromatic heterocycles. The van der Waals surface area contributed by atoms with Gasteiger partial charge in [-0.25, -0.2) is 0 Å². The Morgan fingerprint density at radius 1 is 1.05 bits per heavy atom. The van der Waals surface area contributed by atoms with E-state index in [0.29, 0.717) is 10.0 Å². The molecular weight excluding hydrogens is 411 g/mol. The van der Waals surface area contributed by atoms with E-state index in [2.05, 4.69) is 57.0 Å². The third kappa shape index (κ3) is 3.98. The Kier molecular flexibility index (Phi) is 5.36. The third-order valence-corrected chi connectivity index (χ3v) is 5.42. The molecule has 0 heterocycles. The molecule has 0 radical (unpaired) electrons. The van der Waals surface area contributed by atoms with Gasteiger partial charge >= 0.3 is 0 Å². The lowest BCUT2D eigenvalue weighted by Gasteiger charge is -2.12. The van der Waals surface area contributed by atoms with Crippen LogP contribution in [0.5, 0.6) is 0 Å². The van der Waals surface area contributed by atoms with Crippen molar-refractivity contribution in [1.29, 1.82) is 0 Å². The van der Waals surface area contributed by atoms with Crippen molar-refractivity contribution in [3.05, 3.63) is 67.6 Å². The van der Waals surface area contributed by atoms with Crippen LogP contribution in [0.2, 0.25) is 10.0 Å². The summed E-state index contributed by atoms with van der Waals surface area (Å²) in [5, 5.41) is 1.20. The topological polar surface area (TPSA) is 0 Å². The molecule has 19 heavy (non-hydrogen) atoms. The van der Waals surface area contributed by atoms with Gasteiger partial charge in [0, 0.05) is 9.30 Å². The van der Waals surface area contributed by atoms with Crippen LogP contribution in [0.3, 0.4) is 0 Å². The summed E-state index contributed by atoms with van der Waals surface area (Å²) in [4.78, 5) is 0.261. The highest BCUT2D eigenvalue weighted by molar-refractivity contribution is 9.10. The first-order valence-electron chi connectivity index (χ1n) is 5.81. The number of rotatable bonds is 3. The summed E-state index contributed by atoms with van der Waals surface area (Å²) in [6.45, 7) is 2.09. The zero-order valence-corrected chi connectivity index (χ0v) is 14.9. The van der Waals surface area contributed by atoms with Crippen LogP contribution in [0.1, 0.15) is 21.5 Å². The Labute approximate surface area is 140 Å². The highest BCUT2D eigenvalue weighted by Gasteiger charge is 2.10. The second kappa shape index (κ2) is 6.62. The van der Waals surface area contributed by atoms with Crippen LogP contribution in [0.25, 0.3) is 0 Å². The lowest BCUT2D eigenvalue weighted by molar-refractivity contribution is 0.946. The van der Waals surface area contributed by atoms with Crippen LogP contribution < -0.4 is 0 Å². The Bertz CT molecular complexity index is 597. The van der Waals surface area contributed by atoms with Gasteiger partial charge in [0.05, 0.1) is 10.0 Å². The van der Waals surface area contributed by atoms with Crippen molar-refractivity contribution in [2.45, 2.75) is 18.2 Å². The van der Waals surface area contributed by atoms with Crippen LogP contribution in [0.15, 0.2) is 40.9 Å². The molecule has 2 aromatic carbocycles. The molecule has 2 aromatic rings. The predicted octanol–water partition coefficient (Wildman–Crippen LogP) is 6.74. The first kappa shape index (κ1) is 15.4. The molecule has 100 valence electrons. The molecule has 0 saturated carbocycles. The van der Waals surface area contributed by atoms with Crippen LogP contribution in [-0.2, 0) is 6.42 Å². The summed E-state index contributed by atoms with van der Waals surface area (Å²) >= 11 is 19.2. The molecule has 0 bridgehead atoms. The maximum Gasteiger partial charge on any atom is 0.0595 e. The van der Waals surface area contributed by atoms with E-state index in [4.69, 9.17) is 23.2 Å². The summed E-state index contributed by atoms with van der Waals surface area (Å²) < 4.78 is 1.13. The molecule has 4 heteroatoms. The van der Waals surface area contributed by atoms with E-state index in [-0.39, 0.29) is 4.83 Å². The Hall–Kier alpha value is -0.0200. The summed E-state index contributed by atoms with van der Waals surface area (Å²) in [6.07, 6.45) is 0.873. The summed E-state index contributed by atoms with van der Waals surface area (Å²) in [5.74, 6) is 0. The molecular formula is C15H12Br2Cl2. The predicted molar refractivity (Wildman–Crippen MR) is 90.7 cm³/mol. The number of alkyl halides is 1. The quantitative estimate of drug-likeness (QED) is 0.480. The summed E-state index contributed by atoms with van der Waals surface area (Å²) in [6, 6.07) is 12.1. The second-order valence-electron chi connectivity index (χ2n) is 4.43. The van der Waals surface area contributed by atoms with Gasteiger partial charge in [-0.1, -0.05) is 73.3 Å². The van der Waals surface area contributed by atoms with E-state index < -0.39 is 0 Å². The molecule has 0 amide bonds. The van der Waals surface area contributed by atoms with Gasteiger partial charge in [-0.3, -0.25) is 0 Å². The fourth-order valence-electron chi connectivity index (χ4n) is 1.85. The van der Waals surface area contributed by atoms with E-state index in [0.717, 1.165) is 16.5 Å². The average molecular weight is 423 g/mol. The standard InChI is InChI=1S/C15H12Br2Cl2/c1-9-6-11(3-4-12(9)16)13(17)7-10-2-5-14(18)15(19)8-10/h2-6,8,13H,7H2,1H3. The van der Waals surface area contributed by atoms with Crippen LogP contribution in [0, 0.1) is 6.92 Å². The minimum atomic E-state index is 0.261. The molecule has 0 aliphatic heterocycles. The van der Waals surface area contributed by atoms with Crippen molar-refractivity contribution >= 4 is 55.1 Å². The van der Waals surface area contributed by atoms with E-state index in [1.807, 2.05) is 18.2 Å². The van der Waals surface area contributed by atoms with Crippen molar-refractivity contribution in [1.82, 2.24) is 0 Å². The minimum Gasteiger partial charge on any atom is -0.0835 e. The zero-order valence-electron chi connectivity index (χ0n) is 10.3. The lowest BCUT2D eigenvalue weighted by Crippen LogP contribution is -1.96. The molecule has 0 N–H and O–H groups in total. The van der Waals surface area contributed by atoms with Gasteiger partial charge in [-0.2, -0.15) is 0 Å². The van der Waals surface area contributed by atoms with Gasteiger partial charge in [-0.15, -0.1) is 0 Å². The molecule has 1 atom stereocenters. The highest BCUT2D eigenvalue weighted by Crippen LogP contribution is 2.31. The average Bonchev–Trinajstić information content (AvgIpc) is 2.37. The summed E-state index contributed by atoms with van der Waals surface area (Å²) in [5.41, 5.74) is 3.65. The highest BCUT2D eigenvalue weighted by atomic mass is 79.9. The molecule has 0 spiro atoms. The van der Waals surface area contributed by atoms with Crippen LogP contribution in [0.4, 0.5) is 0 Å². The van der Waals surface area contributed by atoms with Gasteiger partial charge in [0.2, 0.25) is 0 Å². The maximum atomic E-state index is 6.04. The Morgan fingerprint density at radius 3 is 2.42 bits per heavy atom. The number of hydrogen-bond donors (Lipinski definition) is 0. The Morgan fingerprint density at radius 2 is 1.79 bits per heavy atom. The van der Waals surface area contributed by atoms with E-state index in [1.54, 1.807) is 0 Å². The second-order valence-corrected chi connectivity index (χ2v) is 7.20. The molecule has 0 nitrogen and oxygen atoms in total.